The van der Waals surface area contributed by atoms with Crippen molar-refractivity contribution in [2.45, 2.75) is 0 Å². The number of para-hydroxylation sites is 2. The number of rotatable bonds is 3. The third kappa shape index (κ3) is 3.76. The van der Waals surface area contributed by atoms with Gasteiger partial charge >= 0.3 is 120 Å². The van der Waals surface area contributed by atoms with Gasteiger partial charge in [-0.25, -0.2) is 0 Å². The fourth-order valence-electron chi connectivity index (χ4n) is 2.22. The second-order valence-electron chi connectivity index (χ2n) is 4.60. The molecule has 0 atom stereocenters. The molecule has 3 aromatic carbocycles. The van der Waals surface area contributed by atoms with Crippen molar-refractivity contribution < 1.29 is 11.0 Å². The maximum Gasteiger partial charge on any atom is -0.870 e. The molecule has 3 aromatic rings. The molecule has 0 aliphatic carbocycles. The summed E-state index contributed by atoms with van der Waals surface area (Å²) in [5.41, 5.74) is 4.12. The van der Waals surface area contributed by atoms with Crippen molar-refractivity contribution in [1.29, 1.82) is 0 Å². The topological polar surface area (TPSA) is 63.2 Å². The summed E-state index contributed by atoms with van der Waals surface area (Å²) in [6.07, 6.45) is 0. The number of hydrogen-bond acceptors (Lipinski definition) is 3. The van der Waals surface area contributed by atoms with Crippen LogP contribution in [0.3, 0.4) is 0 Å². The van der Waals surface area contributed by atoms with Gasteiger partial charge in [-0.1, -0.05) is 0 Å². The van der Waals surface area contributed by atoms with Crippen molar-refractivity contribution in [3.05, 3.63) is 84.9 Å². The van der Waals surface area contributed by atoms with E-state index in [4.69, 9.17) is 7.85 Å². The summed E-state index contributed by atoms with van der Waals surface area (Å²) in [5, 5.41) is 0. The fraction of sp³-hybridized carbons (Fsp3) is 0. The van der Waals surface area contributed by atoms with Crippen LogP contribution in [0.1, 0.15) is 0 Å². The molecule has 0 spiro atoms. The van der Waals surface area contributed by atoms with Crippen LogP contribution < -0.4 is 10.4 Å². The minimum Gasteiger partial charge on any atom is -0.870 e. The zero-order chi connectivity index (χ0) is 13.8. The predicted molar refractivity (Wildman–Crippen MR) is 90.4 cm³/mol. The van der Waals surface area contributed by atoms with Gasteiger partial charge in [-0.15, -0.1) is 0 Å². The molecule has 0 unspecified atom stereocenters. The Morgan fingerprint density at radius 3 is 1.27 bits per heavy atom. The molecular formula is C18H16BNO2. The average molecular weight is 289 g/mol. The molecule has 0 aromatic heterocycles. The molecule has 0 heterocycles. The van der Waals surface area contributed by atoms with Gasteiger partial charge in [0.25, 0.3) is 0 Å². The SMILES string of the molecule is [B+2]c1ccc(N(c2ccccc2)c2ccccc2)cc1.[OH-].[OH-]. The molecule has 108 valence electrons. The normalized spacial score (nSPS) is 9.36. The van der Waals surface area contributed by atoms with Crippen LogP contribution in [0.15, 0.2) is 84.9 Å². The van der Waals surface area contributed by atoms with E-state index in [-0.39, 0.29) is 11.0 Å². The van der Waals surface area contributed by atoms with E-state index in [0.717, 1.165) is 22.5 Å². The smallest absolute Gasteiger partial charge is 0.870 e. The van der Waals surface area contributed by atoms with E-state index in [1.807, 2.05) is 60.7 Å². The summed E-state index contributed by atoms with van der Waals surface area (Å²) in [4.78, 5) is 2.21. The Kier molecular flexibility index (Phi) is 6.38. The summed E-state index contributed by atoms with van der Waals surface area (Å²) in [6.45, 7) is 0. The molecule has 22 heavy (non-hydrogen) atoms. The summed E-state index contributed by atoms with van der Waals surface area (Å²) >= 11 is 0. The third-order valence-corrected chi connectivity index (χ3v) is 3.18. The Balaban J connectivity index is 0.00000121. The first-order valence-electron chi connectivity index (χ1n) is 6.60. The predicted octanol–water partition coefficient (Wildman–Crippen LogP) is 3.60. The van der Waals surface area contributed by atoms with Crippen LogP contribution in [0.2, 0.25) is 0 Å². The molecule has 3 nitrogen and oxygen atoms in total. The number of nitrogens with zero attached hydrogens (tertiary/aromatic N) is 1. The Bertz CT molecular complexity index is 633. The zero-order valence-corrected chi connectivity index (χ0v) is 12.0. The molecule has 3 rings (SSSR count). The standard InChI is InChI=1S/C18H14BN.2H2O/c19-15-11-13-18(14-12-15)20(16-7-3-1-4-8-16)17-9-5-2-6-10-17;;/h1-14H;2*1H2/q+2;;/p-2. The third-order valence-electron chi connectivity index (χ3n) is 3.18. The molecule has 2 N–H and O–H groups in total. The number of benzene rings is 3. The van der Waals surface area contributed by atoms with Crippen molar-refractivity contribution in [3.63, 3.8) is 0 Å². The Hall–Kier alpha value is -2.56. The maximum absolute atomic E-state index is 5.79. The van der Waals surface area contributed by atoms with E-state index in [2.05, 4.69) is 29.2 Å². The van der Waals surface area contributed by atoms with Crippen molar-refractivity contribution in [1.82, 2.24) is 0 Å². The molecule has 4 heteroatoms. The van der Waals surface area contributed by atoms with E-state index in [1.54, 1.807) is 0 Å². The van der Waals surface area contributed by atoms with Crippen LogP contribution in [-0.4, -0.2) is 18.8 Å². The molecule has 0 aliphatic heterocycles. The summed E-state index contributed by atoms with van der Waals surface area (Å²) in [5.74, 6) is 0. The summed E-state index contributed by atoms with van der Waals surface area (Å²) in [7, 11) is 5.79. The fourth-order valence-corrected chi connectivity index (χ4v) is 2.22. The minimum atomic E-state index is 0. The van der Waals surface area contributed by atoms with Crippen LogP contribution in [0.5, 0.6) is 0 Å². The van der Waals surface area contributed by atoms with Crippen molar-refractivity contribution in [3.8, 4) is 0 Å². The van der Waals surface area contributed by atoms with Crippen LogP contribution in [0, 0.1) is 0 Å². The molecule has 0 saturated heterocycles. The molecular weight excluding hydrogens is 273 g/mol. The van der Waals surface area contributed by atoms with E-state index in [9.17, 15) is 0 Å². The van der Waals surface area contributed by atoms with Crippen molar-refractivity contribution >= 4 is 30.4 Å². The Morgan fingerprint density at radius 1 is 0.500 bits per heavy atom. The van der Waals surface area contributed by atoms with Crippen LogP contribution >= 0.6 is 0 Å². The molecule has 0 fully saturated rings. The van der Waals surface area contributed by atoms with Gasteiger partial charge < -0.3 is 11.0 Å². The molecule has 0 bridgehead atoms. The van der Waals surface area contributed by atoms with Crippen molar-refractivity contribution in [2.24, 2.45) is 0 Å². The number of hydrogen-bond donors (Lipinski definition) is 0. The van der Waals surface area contributed by atoms with E-state index < -0.39 is 0 Å². The first-order chi connectivity index (χ1) is 9.84. The molecule has 0 saturated carbocycles. The quantitative estimate of drug-likeness (QED) is 0.692. The Morgan fingerprint density at radius 2 is 0.864 bits per heavy atom. The van der Waals surface area contributed by atoms with Gasteiger partial charge in [-0.3, -0.25) is 0 Å². The monoisotopic (exact) mass is 289 g/mol. The van der Waals surface area contributed by atoms with E-state index >= 15 is 0 Å². The summed E-state index contributed by atoms with van der Waals surface area (Å²) < 4.78 is 0. The van der Waals surface area contributed by atoms with Gasteiger partial charge in [0, 0.05) is 0 Å². The number of anilines is 3. The first-order valence-corrected chi connectivity index (χ1v) is 6.60. The van der Waals surface area contributed by atoms with Gasteiger partial charge in [-0.05, 0) is 0 Å². The first kappa shape index (κ1) is 17.5. The molecule has 0 radical (unpaired) electrons. The molecule has 0 amide bonds. The maximum atomic E-state index is 5.79. The molecule has 0 aliphatic rings. The van der Waals surface area contributed by atoms with Crippen molar-refractivity contribution in [2.75, 3.05) is 4.90 Å². The largest absolute Gasteiger partial charge is 0.870 e. The Labute approximate surface area is 131 Å². The van der Waals surface area contributed by atoms with Gasteiger partial charge in [0.1, 0.15) is 0 Å². The van der Waals surface area contributed by atoms with E-state index in [1.165, 1.54) is 0 Å². The van der Waals surface area contributed by atoms with Crippen LogP contribution in [-0.2, 0) is 0 Å². The van der Waals surface area contributed by atoms with Gasteiger partial charge in [-0.2, -0.15) is 0 Å². The second-order valence-corrected chi connectivity index (χ2v) is 4.60. The summed E-state index contributed by atoms with van der Waals surface area (Å²) in [6, 6.07) is 28.5. The minimum absolute atomic E-state index is 0. The van der Waals surface area contributed by atoms with Crippen LogP contribution in [0.25, 0.3) is 0 Å². The zero-order valence-electron chi connectivity index (χ0n) is 12.0. The van der Waals surface area contributed by atoms with Crippen LogP contribution in [0.4, 0.5) is 17.1 Å². The van der Waals surface area contributed by atoms with Gasteiger partial charge in [0.2, 0.25) is 0 Å². The van der Waals surface area contributed by atoms with Gasteiger partial charge in [0.15, 0.2) is 0 Å². The average Bonchev–Trinajstić information content (AvgIpc) is 2.52. The van der Waals surface area contributed by atoms with E-state index in [0.29, 0.717) is 0 Å². The van der Waals surface area contributed by atoms with Gasteiger partial charge in [0.05, 0.1) is 0 Å². The second kappa shape index (κ2) is 8.03.